The number of rotatable bonds is 2. The number of halogens is 1. The molecule has 3 rings (SSSR count). The van der Waals surface area contributed by atoms with Crippen molar-refractivity contribution < 1.29 is 5.11 Å². The van der Waals surface area contributed by atoms with Gasteiger partial charge < -0.3 is 9.67 Å². The van der Waals surface area contributed by atoms with Gasteiger partial charge >= 0.3 is 0 Å². The molecule has 0 aliphatic carbocycles. The van der Waals surface area contributed by atoms with Crippen LogP contribution in [-0.2, 0) is 6.54 Å². The molecule has 90 valence electrons. The topological polar surface area (TPSA) is 25.2 Å². The maximum atomic E-state index is 9.27. The smallest absolute Gasteiger partial charge is 0.115 e. The number of phenols is 1. The van der Waals surface area contributed by atoms with Gasteiger partial charge in [-0.2, -0.15) is 0 Å². The Balaban J connectivity index is 1.99. The van der Waals surface area contributed by atoms with Gasteiger partial charge in [-0.05, 0) is 41.3 Å². The molecular formula is C15H12ClNO. The van der Waals surface area contributed by atoms with Gasteiger partial charge in [0.1, 0.15) is 5.75 Å². The van der Waals surface area contributed by atoms with Crippen molar-refractivity contribution in [3.8, 4) is 5.75 Å². The summed E-state index contributed by atoms with van der Waals surface area (Å²) in [5.74, 6) is 0.291. The summed E-state index contributed by atoms with van der Waals surface area (Å²) in [4.78, 5) is 0. The molecule has 0 unspecified atom stereocenters. The molecule has 0 spiro atoms. The number of fused-ring (bicyclic) bond motifs is 1. The fourth-order valence-electron chi connectivity index (χ4n) is 2.09. The normalized spacial score (nSPS) is 10.9. The Morgan fingerprint density at radius 2 is 1.78 bits per heavy atom. The molecule has 1 N–H and O–H groups in total. The summed E-state index contributed by atoms with van der Waals surface area (Å²) in [5, 5.41) is 11.2. The van der Waals surface area contributed by atoms with E-state index in [4.69, 9.17) is 11.6 Å². The lowest BCUT2D eigenvalue weighted by atomic mass is 10.2. The number of aromatic hydroxyl groups is 1. The fraction of sp³-hybridized carbons (Fsp3) is 0.0667. The van der Waals surface area contributed by atoms with E-state index in [0.29, 0.717) is 5.75 Å². The van der Waals surface area contributed by atoms with E-state index in [1.165, 1.54) is 5.39 Å². The first kappa shape index (κ1) is 11.2. The van der Waals surface area contributed by atoms with E-state index in [1.807, 2.05) is 36.5 Å². The lowest BCUT2D eigenvalue weighted by molar-refractivity contribution is 0.475. The average molecular weight is 258 g/mol. The number of benzene rings is 2. The molecule has 0 atom stereocenters. The van der Waals surface area contributed by atoms with Gasteiger partial charge in [-0.1, -0.05) is 29.8 Å². The van der Waals surface area contributed by atoms with Gasteiger partial charge in [0.2, 0.25) is 0 Å². The second kappa shape index (κ2) is 4.39. The number of hydrogen-bond acceptors (Lipinski definition) is 1. The van der Waals surface area contributed by atoms with Crippen molar-refractivity contribution in [1.29, 1.82) is 0 Å². The highest BCUT2D eigenvalue weighted by molar-refractivity contribution is 6.31. The average Bonchev–Trinajstić information content (AvgIpc) is 2.75. The van der Waals surface area contributed by atoms with Gasteiger partial charge in [0.05, 0.1) is 0 Å². The Kier molecular flexibility index (Phi) is 2.73. The molecule has 2 aromatic carbocycles. The summed E-state index contributed by atoms with van der Waals surface area (Å²) in [6.45, 7) is 0.768. The standard InChI is InChI=1S/C15H12ClNO/c16-13-4-3-12-7-8-17(15(12)9-13)10-11-1-5-14(18)6-2-11/h1-9,18H,10H2. The van der Waals surface area contributed by atoms with Crippen LogP contribution in [0.4, 0.5) is 0 Å². The zero-order chi connectivity index (χ0) is 12.5. The summed E-state index contributed by atoms with van der Waals surface area (Å²) < 4.78 is 2.15. The molecule has 1 heterocycles. The summed E-state index contributed by atoms with van der Waals surface area (Å²) in [6.07, 6.45) is 2.05. The molecule has 0 amide bonds. The molecule has 0 saturated heterocycles. The molecule has 2 nitrogen and oxygen atoms in total. The lowest BCUT2D eigenvalue weighted by Gasteiger charge is -2.06. The van der Waals surface area contributed by atoms with Crippen LogP contribution >= 0.6 is 11.6 Å². The molecule has 0 saturated carbocycles. The summed E-state index contributed by atoms with van der Waals surface area (Å²) in [7, 11) is 0. The molecule has 0 bridgehead atoms. The van der Waals surface area contributed by atoms with Crippen LogP contribution in [-0.4, -0.2) is 9.67 Å². The quantitative estimate of drug-likeness (QED) is 0.736. The third kappa shape index (κ3) is 2.07. The Labute approximate surface area is 110 Å². The number of phenolic OH excluding ortho intramolecular Hbond substituents is 1. The SMILES string of the molecule is Oc1ccc(Cn2ccc3ccc(Cl)cc32)cc1. The van der Waals surface area contributed by atoms with Crippen LogP contribution in [0.2, 0.25) is 5.02 Å². The first-order valence-corrected chi connectivity index (χ1v) is 6.12. The monoisotopic (exact) mass is 257 g/mol. The zero-order valence-corrected chi connectivity index (χ0v) is 10.4. The molecule has 0 radical (unpaired) electrons. The lowest BCUT2D eigenvalue weighted by Crippen LogP contribution is -1.97. The van der Waals surface area contributed by atoms with Crippen LogP contribution in [0.15, 0.2) is 54.7 Å². The molecule has 0 aliphatic rings. The summed E-state index contributed by atoms with van der Waals surface area (Å²) in [6, 6.07) is 15.2. The van der Waals surface area contributed by atoms with Crippen LogP contribution < -0.4 is 0 Å². The highest BCUT2D eigenvalue weighted by Crippen LogP contribution is 2.21. The predicted molar refractivity (Wildman–Crippen MR) is 74.2 cm³/mol. The van der Waals surface area contributed by atoms with Crippen LogP contribution in [0.25, 0.3) is 10.9 Å². The molecule has 0 fully saturated rings. The van der Waals surface area contributed by atoms with Crippen LogP contribution in [0, 0.1) is 0 Å². The van der Waals surface area contributed by atoms with E-state index >= 15 is 0 Å². The predicted octanol–water partition coefficient (Wildman–Crippen LogP) is 4.05. The van der Waals surface area contributed by atoms with E-state index in [9.17, 15) is 5.11 Å². The molecule has 0 aliphatic heterocycles. The van der Waals surface area contributed by atoms with Gasteiger partial charge in [-0.3, -0.25) is 0 Å². The molecule has 3 aromatic rings. The largest absolute Gasteiger partial charge is 0.508 e. The fourth-order valence-corrected chi connectivity index (χ4v) is 2.26. The van der Waals surface area contributed by atoms with Crippen LogP contribution in [0.5, 0.6) is 5.75 Å². The van der Waals surface area contributed by atoms with Crippen LogP contribution in [0.1, 0.15) is 5.56 Å². The summed E-state index contributed by atoms with van der Waals surface area (Å²) >= 11 is 6.02. The van der Waals surface area contributed by atoms with E-state index in [0.717, 1.165) is 22.6 Å². The van der Waals surface area contributed by atoms with Gasteiger partial charge in [0, 0.05) is 23.3 Å². The Bertz CT molecular complexity index is 685. The minimum Gasteiger partial charge on any atom is -0.508 e. The first-order chi connectivity index (χ1) is 8.72. The maximum absolute atomic E-state index is 9.27. The second-order valence-electron chi connectivity index (χ2n) is 4.31. The van der Waals surface area contributed by atoms with E-state index in [-0.39, 0.29) is 0 Å². The number of aromatic nitrogens is 1. The van der Waals surface area contributed by atoms with E-state index in [1.54, 1.807) is 12.1 Å². The van der Waals surface area contributed by atoms with Gasteiger partial charge in [-0.15, -0.1) is 0 Å². The van der Waals surface area contributed by atoms with Gasteiger partial charge in [0.25, 0.3) is 0 Å². The van der Waals surface area contributed by atoms with E-state index < -0.39 is 0 Å². The molecular weight excluding hydrogens is 246 g/mol. The highest BCUT2D eigenvalue weighted by atomic mass is 35.5. The van der Waals surface area contributed by atoms with Crippen molar-refractivity contribution in [3.05, 3.63) is 65.3 Å². The third-order valence-electron chi connectivity index (χ3n) is 3.03. The Morgan fingerprint density at radius 3 is 2.56 bits per heavy atom. The third-order valence-corrected chi connectivity index (χ3v) is 3.26. The number of nitrogens with zero attached hydrogens (tertiary/aromatic N) is 1. The van der Waals surface area contributed by atoms with Crippen molar-refractivity contribution in [2.75, 3.05) is 0 Å². The Morgan fingerprint density at radius 1 is 1.00 bits per heavy atom. The summed E-state index contributed by atoms with van der Waals surface area (Å²) in [5.41, 5.74) is 2.26. The zero-order valence-electron chi connectivity index (χ0n) is 9.68. The van der Waals surface area contributed by atoms with Crippen molar-refractivity contribution in [2.45, 2.75) is 6.54 Å². The van der Waals surface area contributed by atoms with Gasteiger partial charge in [-0.25, -0.2) is 0 Å². The maximum Gasteiger partial charge on any atom is 0.115 e. The minimum absolute atomic E-state index is 0.291. The van der Waals surface area contributed by atoms with Crippen molar-refractivity contribution in [3.63, 3.8) is 0 Å². The van der Waals surface area contributed by atoms with E-state index in [2.05, 4.69) is 10.6 Å². The minimum atomic E-state index is 0.291. The number of hydrogen-bond donors (Lipinski definition) is 1. The first-order valence-electron chi connectivity index (χ1n) is 5.75. The molecule has 18 heavy (non-hydrogen) atoms. The van der Waals surface area contributed by atoms with Crippen molar-refractivity contribution in [2.24, 2.45) is 0 Å². The molecule has 1 aromatic heterocycles. The molecule has 3 heteroatoms. The van der Waals surface area contributed by atoms with Crippen molar-refractivity contribution in [1.82, 2.24) is 4.57 Å². The van der Waals surface area contributed by atoms with Gasteiger partial charge in [0.15, 0.2) is 0 Å². The van der Waals surface area contributed by atoms with Crippen molar-refractivity contribution >= 4 is 22.5 Å². The Hall–Kier alpha value is -1.93. The van der Waals surface area contributed by atoms with Crippen LogP contribution in [0.3, 0.4) is 0 Å². The second-order valence-corrected chi connectivity index (χ2v) is 4.75. The highest BCUT2D eigenvalue weighted by Gasteiger charge is 2.02.